The summed E-state index contributed by atoms with van der Waals surface area (Å²) in [4.78, 5) is 78.8. The molecule has 0 aromatic carbocycles. The molecule has 206 valence electrons. The third kappa shape index (κ3) is 12.2. The smallest absolute Gasteiger partial charge is 0.326 e. The number of hydrogen-bond acceptors (Lipinski definition) is 9. The van der Waals surface area contributed by atoms with Crippen molar-refractivity contribution in [3.05, 3.63) is 18.2 Å². The number of carboxylic acid groups (broad SMARTS) is 2. The molecule has 0 aliphatic rings. The second-order valence-corrected chi connectivity index (χ2v) is 9.11. The molecular weight excluding hydrogens is 510 g/mol. The number of amides is 4. The standard InChI is InChI=1S/C21H33N7O8S/c1-37-7-6-12(22)18(32)26-13(3-5-17(30)31)19(33)28-15(8-11-9-24-10-25-11)20(34)27-14(21(35)36)2-4-16(23)29/h9-10,12-15H,2-8,22H2,1H3,(H2,23,29)(H,24,25)(H,26,32)(H,27,34)(H,28,33)(H,30,31)(H,35,36). The van der Waals surface area contributed by atoms with Gasteiger partial charge in [-0.15, -0.1) is 0 Å². The lowest BCUT2D eigenvalue weighted by Gasteiger charge is -2.25. The van der Waals surface area contributed by atoms with Gasteiger partial charge in [-0.3, -0.25) is 24.0 Å². The molecule has 0 saturated carbocycles. The summed E-state index contributed by atoms with van der Waals surface area (Å²) in [6, 6.07) is -5.06. The summed E-state index contributed by atoms with van der Waals surface area (Å²) < 4.78 is 0. The first-order valence-electron chi connectivity index (χ1n) is 11.3. The number of aliphatic carboxylic acids is 2. The van der Waals surface area contributed by atoms with E-state index in [2.05, 4.69) is 25.9 Å². The Hall–Kier alpha value is -3.66. The molecule has 16 heteroatoms. The molecule has 37 heavy (non-hydrogen) atoms. The number of primary amides is 1. The van der Waals surface area contributed by atoms with Gasteiger partial charge < -0.3 is 42.6 Å². The molecule has 4 atom stereocenters. The van der Waals surface area contributed by atoms with Gasteiger partial charge in [-0.1, -0.05) is 0 Å². The Morgan fingerprint density at radius 2 is 1.54 bits per heavy atom. The van der Waals surface area contributed by atoms with E-state index in [1.165, 1.54) is 24.3 Å². The van der Waals surface area contributed by atoms with Crippen LogP contribution in [-0.2, 0) is 35.2 Å². The van der Waals surface area contributed by atoms with Crippen LogP contribution in [0.3, 0.4) is 0 Å². The highest BCUT2D eigenvalue weighted by Crippen LogP contribution is 2.06. The third-order valence-electron chi connectivity index (χ3n) is 5.16. The summed E-state index contributed by atoms with van der Waals surface area (Å²) in [7, 11) is 0. The van der Waals surface area contributed by atoms with Crippen molar-refractivity contribution in [3.63, 3.8) is 0 Å². The fraction of sp³-hybridized carbons (Fsp3) is 0.571. The van der Waals surface area contributed by atoms with Gasteiger partial charge in [0.05, 0.1) is 12.4 Å². The van der Waals surface area contributed by atoms with Crippen LogP contribution in [0.1, 0.15) is 37.8 Å². The number of thioether (sulfide) groups is 1. The maximum Gasteiger partial charge on any atom is 0.326 e. The normalized spacial score (nSPS) is 14.0. The van der Waals surface area contributed by atoms with E-state index in [4.69, 9.17) is 16.6 Å². The molecule has 0 spiro atoms. The van der Waals surface area contributed by atoms with Crippen LogP contribution in [0.4, 0.5) is 0 Å². The van der Waals surface area contributed by atoms with E-state index in [-0.39, 0.29) is 25.7 Å². The molecule has 1 aromatic rings. The number of aromatic amines is 1. The minimum atomic E-state index is -1.46. The van der Waals surface area contributed by atoms with Crippen molar-refractivity contribution < 1.29 is 39.0 Å². The topological polar surface area (TPSA) is 260 Å². The van der Waals surface area contributed by atoms with E-state index < -0.39 is 66.2 Å². The van der Waals surface area contributed by atoms with Crippen LogP contribution in [0.5, 0.6) is 0 Å². The zero-order valence-electron chi connectivity index (χ0n) is 20.3. The van der Waals surface area contributed by atoms with Crippen LogP contribution in [0.25, 0.3) is 0 Å². The molecule has 0 saturated heterocycles. The number of H-pyrrole nitrogens is 1. The zero-order valence-corrected chi connectivity index (χ0v) is 21.1. The van der Waals surface area contributed by atoms with Gasteiger partial charge in [-0.2, -0.15) is 11.8 Å². The largest absolute Gasteiger partial charge is 0.481 e. The van der Waals surface area contributed by atoms with Gasteiger partial charge in [0, 0.05) is 31.2 Å². The highest BCUT2D eigenvalue weighted by Gasteiger charge is 2.31. The number of nitrogens with one attached hydrogen (secondary N) is 4. The van der Waals surface area contributed by atoms with Crippen LogP contribution in [0.2, 0.25) is 0 Å². The summed E-state index contributed by atoms with van der Waals surface area (Å²) in [5.74, 6) is -5.19. The molecule has 0 aliphatic heterocycles. The Morgan fingerprint density at radius 3 is 2.08 bits per heavy atom. The number of nitrogens with two attached hydrogens (primary N) is 2. The highest BCUT2D eigenvalue weighted by molar-refractivity contribution is 7.98. The predicted molar refractivity (Wildman–Crippen MR) is 132 cm³/mol. The van der Waals surface area contributed by atoms with Crippen LogP contribution in [0.15, 0.2) is 12.5 Å². The van der Waals surface area contributed by atoms with Gasteiger partial charge in [0.25, 0.3) is 0 Å². The maximum absolute atomic E-state index is 13.1. The highest BCUT2D eigenvalue weighted by atomic mass is 32.2. The lowest BCUT2D eigenvalue weighted by molar-refractivity contribution is -0.142. The van der Waals surface area contributed by atoms with Gasteiger partial charge in [-0.05, 0) is 31.3 Å². The SMILES string of the molecule is CSCCC(N)C(=O)NC(CCC(=O)O)C(=O)NC(Cc1cnc[nH]1)C(=O)NC(CCC(N)=O)C(=O)O. The number of hydrogen-bond donors (Lipinski definition) is 8. The van der Waals surface area contributed by atoms with Crippen molar-refractivity contribution in [3.8, 4) is 0 Å². The van der Waals surface area contributed by atoms with Crippen molar-refractivity contribution in [2.24, 2.45) is 11.5 Å². The van der Waals surface area contributed by atoms with E-state index in [9.17, 15) is 33.9 Å². The Morgan fingerprint density at radius 1 is 0.946 bits per heavy atom. The molecule has 0 bridgehead atoms. The first-order valence-corrected chi connectivity index (χ1v) is 12.7. The number of rotatable bonds is 18. The van der Waals surface area contributed by atoms with Crippen molar-refractivity contribution >= 4 is 47.3 Å². The van der Waals surface area contributed by atoms with Crippen LogP contribution >= 0.6 is 11.8 Å². The summed E-state index contributed by atoms with van der Waals surface area (Å²) in [6.07, 6.45) is 3.46. The van der Waals surface area contributed by atoms with Crippen LogP contribution in [-0.4, -0.2) is 91.9 Å². The fourth-order valence-corrected chi connectivity index (χ4v) is 3.60. The van der Waals surface area contributed by atoms with Crippen molar-refractivity contribution in [1.29, 1.82) is 0 Å². The van der Waals surface area contributed by atoms with Gasteiger partial charge in [0.15, 0.2) is 0 Å². The number of imidazole rings is 1. The van der Waals surface area contributed by atoms with Gasteiger partial charge in [0.2, 0.25) is 23.6 Å². The molecule has 1 aromatic heterocycles. The molecule has 0 fully saturated rings. The van der Waals surface area contributed by atoms with Gasteiger partial charge >= 0.3 is 11.9 Å². The monoisotopic (exact) mass is 543 g/mol. The number of carbonyl (C=O) groups excluding carboxylic acids is 4. The molecule has 0 radical (unpaired) electrons. The average Bonchev–Trinajstić information content (AvgIpc) is 3.34. The van der Waals surface area contributed by atoms with Crippen LogP contribution in [0, 0.1) is 0 Å². The summed E-state index contributed by atoms with van der Waals surface area (Å²) in [5, 5.41) is 25.6. The van der Waals surface area contributed by atoms with Gasteiger partial charge in [0.1, 0.15) is 18.1 Å². The molecule has 1 rings (SSSR count). The Kier molecular flexibility index (Phi) is 13.7. The Bertz CT molecular complexity index is 943. The van der Waals surface area contributed by atoms with E-state index >= 15 is 0 Å². The Balaban J connectivity index is 3.06. The Labute approximate surface area is 216 Å². The van der Waals surface area contributed by atoms with Crippen molar-refractivity contribution in [2.45, 2.75) is 62.7 Å². The average molecular weight is 544 g/mol. The minimum Gasteiger partial charge on any atom is -0.481 e. The quantitative estimate of drug-likeness (QED) is 0.0976. The fourth-order valence-electron chi connectivity index (χ4n) is 3.11. The number of carboxylic acids is 2. The summed E-state index contributed by atoms with van der Waals surface area (Å²) >= 11 is 1.47. The van der Waals surface area contributed by atoms with E-state index in [0.29, 0.717) is 17.9 Å². The second kappa shape index (κ2) is 16.2. The molecule has 10 N–H and O–H groups in total. The molecule has 4 unspecified atom stereocenters. The first-order chi connectivity index (χ1) is 17.4. The summed E-state index contributed by atoms with van der Waals surface area (Å²) in [6.45, 7) is 0. The van der Waals surface area contributed by atoms with E-state index in [1.807, 2.05) is 6.26 Å². The lowest BCUT2D eigenvalue weighted by Crippen LogP contribution is -2.57. The van der Waals surface area contributed by atoms with Crippen LogP contribution < -0.4 is 27.4 Å². The number of nitrogens with zero attached hydrogens (tertiary/aromatic N) is 1. The molecular formula is C21H33N7O8S. The number of aromatic nitrogens is 2. The third-order valence-corrected chi connectivity index (χ3v) is 5.80. The molecule has 4 amide bonds. The molecule has 0 aliphatic carbocycles. The first kappa shape index (κ1) is 31.4. The zero-order chi connectivity index (χ0) is 28.0. The molecule has 1 heterocycles. The van der Waals surface area contributed by atoms with Gasteiger partial charge in [-0.25, -0.2) is 9.78 Å². The van der Waals surface area contributed by atoms with Crippen molar-refractivity contribution in [1.82, 2.24) is 25.9 Å². The lowest BCUT2D eigenvalue weighted by atomic mass is 10.1. The molecule has 15 nitrogen and oxygen atoms in total. The summed E-state index contributed by atoms with van der Waals surface area (Å²) in [5.41, 5.74) is 11.3. The van der Waals surface area contributed by atoms with E-state index in [0.717, 1.165) is 0 Å². The van der Waals surface area contributed by atoms with E-state index in [1.54, 1.807) is 0 Å². The predicted octanol–water partition coefficient (Wildman–Crippen LogP) is -2.30. The minimum absolute atomic E-state index is 0.132. The van der Waals surface area contributed by atoms with Crippen molar-refractivity contribution in [2.75, 3.05) is 12.0 Å². The second-order valence-electron chi connectivity index (χ2n) is 8.13. The maximum atomic E-state index is 13.1. The number of carbonyl (C=O) groups is 6.